The summed E-state index contributed by atoms with van der Waals surface area (Å²) >= 11 is 9.20. The minimum atomic E-state index is -4.16. The Balaban J connectivity index is 1.95. The fraction of sp³-hybridized carbons (Fsp3) is 0.500. The lowest BCUT2D eigenvalue weighted by Crippen LogP contribution is -2.32. The van der Waals surface area contributed by atoms with Gasteiger partial charge in [0.25, 0.3) is 0 Å². The molecule has 0 atom stereocenters. The standard InChI is InChI=1S/C14H14BrClF3NO/c15-12-10(16)2-1-3-11(12)20-13(21)8-4-6-9(7-5-8)14(17,18)19/h1-3,8-9H,4-7H2,(H,20,21). The quantitative estimate of drug-likeness (QED) is 0.726. The van der Waals surface area contributed by atoms with Crippen molar-refractivity contribution in [2.75, 3.05) is 5.32 Å². The van der Waals surface area contributed by atoms with E-state index in [9.17, 15) is 18.0 Å². The normalized spacial score (nSPS) is 22.9. The highest BCUT2D eigenvalue weighted by Crippen LogP contribution is 2.40. The summed E-state index contributed by atoms with van der Waals surface area (Å²) in [5.41, 5.74) is 0.533. The van der Waals surface area contributed by atoms with Crippen molar-refractivity contribution in [1.82, 2.24) is 0 Å². The first-order chi connectivity index (χ1) is 9.79. The van der Waals surface area contributed by atoms with E-state index < -0.39 is 12.1 Å². The molecule has 1 saturated carbocycles. The second-order valence-corrected chi connectivity index (χ2v) is 6.38. The summed E-state index contributed by atoms with van der Waals surface area (Å²) in [6.07, 6.45) is -3.61. The van der Waals surface area contributed by atoms with E-state index in [-0.39, 0.29) is 37.5 Å². The summed E-state index contributed by atoms with van der Waals surface area (Å²) in [5, 5.41) is 3.19. The minimum Gasteiger partial charge on any atom is -0.325 e. The van der Waals surface area contributed by atoms with E-state index in [0.717, 1.165) is 0 Å². The summed E-state index contributed by atoms with van der Waals surface area (Å²) in [7, 11) is 0. The van der Waals surface area contributed by atoms with Gasteiger partial charge in [-0.2, -0.15) is 13.2 Å². The lowest BCUT2D eigenvalue weighted by molar-refractivity contribution is -0.184. The molecule has 21 heavy (non-hydrogen) atoms. The van der Waals surface area contributed by atoms with E-state index in [1.54, 1.807) is 18.2 Å². The smallest absolute Gasteiger partial charge is 0.325 e. The molecule has 2 rings (SSSR count). The molecule has 1 aromatic rings. The lowest BCUT2D eigenvalue weighted by atomic mass is 9.81. The van der Waals surface area contributed by atoms with Crippen LogP contribution in [0.5, 0.6) is 0 Å². The Bertz CT molecular complexity index is 527. The van der Waals surface area contributed by atoms with Gasteiger partial charge in [-0.3, -0.25) is 4.79 Å². The fourth-order valence-corrected chi connectivity index (χ4v) is 3.06. The van der Waals surface area contributed by atoms with Gasteiger partial charge in [0.2, 0.25) is 5.91 Å². The summed E-state index contributed by atoms with van der Waals surface area (Å²) in [4.78, 5) is 12.1. The zero-order chi connectivity index (χ0) is 15.6. The molecule has 0 bridgehead atoms. The van der Waals surface area contributed by atoms with Crippen molar-refractivity contribution in [2.24, 2.45) is 11.8 Å². The first-order valence-corrected chi connectivity index (χ1v) is 7.77. The summed E-state index contributed by atoms with van der Waals surface area (Å²) < 4.78 is 38.3. The molecule has 116 valence electrons. The van der Waals surface area contributed by atoms with Crippen LogP contribution in [0.1, 0.15) is 25.7 Å². The number of hydrogen-bond donors (Lipinski definition) is 1. The molecule has 1 aromatic carbocycles. The molecule has 1 aliphatic rings. The molecule has 0 radical (unpaired) electrons. The van der Waals surface area contributed by atoms with E-state index in [2.05, 4.69) is 21.2 Å². The second kappa shape index (κ2) is 6.57. The van der Waals surface area contributed by atoms with Crippen molar-refractivity contribution < 1.29 is 18.0 Å². The Kier molecular flexibility index (Phi) is 5.20. The number of hydrogen-bond acceptors (Lipinski definition) is 1. The van der Waals surface area contributed by atoms with Gasteiger partial charge < -0.3 is 5.32 Å². The van der Waals surface area contributed by atoms with Crippen LogP contribution in [-0.4, -0.2) is 12.1 Å². The number of anilines is 1. The number of carbonyl (C=O) groups is 1. The zero-order valence-corrected chi connectivity index (χ0v) is 13.4. The number of benzene rings is 1. The predicted octanol–water partition coefficient (Wildman–Crippen LogP) is 5.41. The molecule has 0 unspecified atom stereocenters. The maximum absolute atomic E-state index is 12.6. The van der Waals surface area contributed by atoms with Gasteiger partial charge >= 0.3 is 6.18 Å². The Morgan fingerprint density at radius 3 is 2.43 bits per heavy atom. The highest BCUT2D eigenvalue weighted by molar-refractivity contribution is 9.10. The van der Waals surface area contributed by atoms with Crippen molar-refractivity contribution in [3.8, 4) is 0 Å². The first-order valence-electron chi connectivity index (χ1n) is 6.60. The van der Waals surface area contributed by atoms with E-state index in [1.807, 2.05) is 0 Å². The molecule has 0 aromatic heterocycles. The number of amides is 1. The van der Waals surface area contributed by atoms with Crippen LogP contribution >= 0.6 is 27.5 Å². The lowest BCUT2D eigenvalue weighted by Gasteiger charge is -2.29. The van der Waals surface area contributed by atoms with E-state index in [1.165, 1.54) is 0 Å². The number of alkyl halides is 3. The molecule has 0 aliphatic heterocycles. The Labute approximate surface area is 134 Å². The summed E-state index contributed by atoms with van der Waals surface area (Å²) in [5.74, 6) is -1.91. The highest BCUT2D eigenvalue weighted by Gasteiger charge is 2.42. The van der Waals surface area contributed by atoms with Gasteiger partial charge in [-0.15, -0.1) is 0 Å². The molecular weight excluding hydrogens is 371 g/mol. The highest BCUT2D eigenvalue weighted by atomic mass is 79.9. The Morgan fingerprint density at radius 1 is 1.24 bits per heavy atom. The van der Waals surface area contributed by atoms with E-state index in [4.69, 9.17) is 11.6 Å². The molecule has 1 amide bonds. The number of nitrogens with one attached hydrogen (secondary N) is 1. The van der Waals surface area contributed by atoms with Crippen LogP contribution in [0.3, 0.4) is 0 Å². The van der Waals surface area contributed by atoms with Crippen LogP contribution in [0.2, 0.25) is 5.02 Å². The number of halogens is 5. The van der Waals surface area contributed by atoms with Gasteiger partial charge in [0, 0.05) is 5.92 Å². The third kappa shape index (κ3) is 4.13. The van der Waals surface area contributed by atoms with Crippen LogP contribution < -0.4 is 5.32 Å². The van der Waals surface area contributed by atoms with Crippen molar-refractivity contribution in [1.29, 1.82) is 0 Å². The molecule has 0 heterocycles. The van der Waals surface area contributed by atoms with Crippen LogP contribution in [0, 0.1) is 11.8 Å². The SMILES string of the molecule is O=C(Nc1cccc(Cl)c1Br)C1CCC(C(F)(F)F)CC1. The average Bonchev–Trinajstić information content (AvgIpc) is 2.43. The van der Waals surface area contributed by atoms with Crippen molar-refractivity contribution in [3.05, 3.63) is 27.7 Å². The molecule has 1 fully saturated rings. The zero-order valence-electron chi connectivity index (χ0n) is 11.0. The Hall–Kier alpha value is -0.750. The molecule has 0 saturated heterocycles. The Morgan fingerprint density at radius 2 is 1.86 bits per heavy atom. The molecule has 7 heteroatoms. The summed E-state index contributed by atoms with van der Waals surface area (Å²) in [6.45, 7) is 0. The maximum Gasteiger partial charge on any atom is 0.391 e. The van der Waals surface area contributed by atoms with Gasteiger partial charge in [-0.05, 0) is 53.7 Å². The van der Waals surface area contributed by atoms with Gasteiger partial charge in [0.05, 0.1) is 21.1 Å². The third-order valence-corrected chi connectivity index (χ3v) is 5.17. The maximum atomic E-state index is 12.6. The van der Waals surface area contributed by atoms with Gasteiger partial charge in [-0.1, -0.05) is 17.7 Å². The molecule has 2 nitrogen and oxygen atoms in total. The topological polar surface area (TPSA) is 29.1 Å². The number of rotatable bonds is 2. The van der Waals surface area contributed by atoms with Gasteiger partial charge in [0.15, 0.2) is 0 Å². The van der Waals surface area contributed by atoms with Crippen LogP contribution in [0.15, 0.2) is 22.7 Å². The van der Waals surface area contributed by atoms with Crippen molar-refractivity contribution >= 4 is 39.1 Å². The monoisotopic (exact) mass is 383 g/mol. The van der Waals surface area contributed by atoms with Gasteiger partial charge in [0.1, 0.15) is 0 Å². The minimum absolute atomic E-state index is 0.0122. The van der Waals surface area contributed by atoms with E-state index in [0.29, 0.717) is 15.2 Å². The molecular formula is C14H14BrClF3NO. The van der Waals surface area contributed by atoms with Crippen molar-refractivity contribution in [2.45, 2.75) is 31.9 Å². The summed E-state index contributed by atoms with van der Waals surface area (Å²) in [6, 6.07) is 5.06. The molecule has 1 aliphatic carbocycles. The predicted molar refractivity (Wildman–Crippen MR) is 79.3 cm³/mol. The molecule has 1 N–H and O–H groups in total. The molecule has 0 spiro atoms. The van der Waals surface area contributed by atoms with Crippen LogP contribution in [-0.2, 0) is 4.79 Å². The van der Waals surface area contributed by atoms with Crippen LogP contribution in [0.25, 0.3) is 0 Å². The second-order valence-electron chi connectivity index (χ2n) is 5.18. The largest absolute Gasteiger partial charge is 0.391 e. The number of carbonyl (C=O) groups excluding carboxylic acids is 1. The van der Waals surface area contributed by atoms with Crippen LogP contribution in [0.4, 0.5) is 18.9 Å². The first kappa shape index (κ1) is 16.6. The van der Waals surface area contributed by atoms with Gasteiger partial charge in [-0.25, -0.2) is 0 Å². The fourth-order valence-electron chi connectivity index (χ4n) is 2.52. The van der Waals surface area contributed by atoms with E-state index >= 15 is 0 Å². The van der Waals surface area contributed by atoms with Crippen molar-refractivity contribution in [3.63, 3.8) is 0 Å². The third-order valence-electron chi connectivity index (χ3n) is 3.77. The average molecular weight is 385 g/mol.